The highest BCUT2D eigenvalue weighted by atomic mass is 19.3. The SMILES string of the molecule is CC(C)Oc1ccccc1[C@H]1NC(=O)OCC1(F)F. The van der Waals surface area contributed by atoms with Crippen LogP contribution in [0.2, 0.25) is 0 Å². The van der Waals surface area contributed by atoms with Gasteiger partial charge in [0.2, 0.25) is 0 Å². The van der Waals surface area contributed by atoms with Crippen LogP contribution in [0, 0.1) is 0 Å². The molecule has 1 aliphatic rings. The fourth-order valence-electron chi connectivity index (χ4n) is 1.90. The quantitative estimate of drug-likeness (QED) is 0.919. The molecule has 0 aliphatic carbocycles. The summed E-state index contributed by atoms with van der Waals surface area (Å²) in [5.41, 5.74) is 0.248. The second-order valence-corrected chi connectivity index (χ2v) is 4.62. The van der Waals surface area contributed by atoms with Crippen LogP contribution in [-0.4, -0.2) is 24.7 Å². The Morgan fingerprint density at radius 3 is 2.79 bits per heavy atom. The first-order chi connectivity index (χ1) is 8.90. The zero-order valence-corrected chi connectivity index (χ0v) is 10.7. The number of para-hydroxylation sites is 1. The molecule has 0 saturated carbocycles. The third-order valence-corrected chi connectivity index (χ3v) is 2.67. The van der Waals surface area contributed by atoms with Crippen molar-refractivity contribution in [2.75, 3.05) is 6.61 Å². The maximum atomic E-state index is 13.9. The Bertz CT molecular complexity index is 477. The zero-order valence-electron chi connectivity index (χ0n) is 10.7. The van der Waals surface area contributed by atoms with Crippen LogP contribution >= 0.6 is 0 Å². The van der Waals surface area contributed by atoms with Gasteiger partial charge in [-0.2, -0.15) is 0 Å². The standard InChI is InChI=1S/C13H15F2NO3/c1-8(2)19-10-6-4-3-5-9(10)11-13(14,15)7-18-12(17)16-11/h3-6,8,11H,7H2,1-2H3,(H,16,17)/t11-/m1/s1. The number of carbonyl (C=O) groups excluding carboxylic acids is 1. The lowest BCUT2D eigenvalue weighted by atomic mass is 9.99. The first kappa shape index (κ1) is 13.6. The van der Waals surface area contributed by atoms with Crippen LogP contribution in [0.25, 0.3) is 0 Å². The van der Waals surface area contributed by atoms with E-state index in [0.717, 1.165) is 0 Å². The van der Waals surface area contributed by atoms with E-state index >= 15 is 0 Å². The zero-order chi connectivity index (χ0) is 14.0. The number of hydrogen-bond acceptors (Lipinski definition) is 3. The number of hydrogen-bond donors (Lipinski definition) is 1. The van der Waals surface area contributed by atoms with Gasteiger partial charge in [-0.3, -0.25) is 0 Å². The van der Waals surface area contributed by atoms with Gasteiger partial charge in [-0.05, 0) is 19.9 Å². The molecule has 1 aromatic rings. The Morgan fingerprint density at radius 1 is 1.42 bits per heavy atom. The molecule has 1 N–H and O–H groups in total. The molecule has 104 valence electrons. The summed E-state index contributed by atoms with van der Waals surface area (Å²) in [6.07, 6.45) is -0.999. The number of ether oxygens (including phenoxy) is 2. The van der Waals surface area contributed by atoms with Gasteiger partial charge in [-0.1, -0.05) is 18.2 Å². The van der Waals surface area contributed by atoms with E-state index in [9.17, 15) is 13.6 Å². The van der Waals surface area contributed by atoms with Crippen molar-refractivity contribution in [2.24, 2.45) is 0 Å². The lowest BCUT2D eigenvalue weighted by molar-refractivity contribution is -0.104. The monoisotopic (exact) mass is 271 g/mol. The van der Waals surface area contributed by atoms with E-state index in [0.29, 0.717) is 5.75 Å². The summed E-state index contributed by atoms with van der Waals surface area (Å²) < 4.78 is 37.5. The molecule has 0 spiro atoms. The van der Waals surface area contributed by atoms with Crippen LogP contribution < -0.4 is 10.1 Å². The summed E-state index contributed by atoms with van der Waals surface area (Å²) in [7, 11) is 0. The Balaban J connectivity index is 2.36. The van der Waals surface area contributed by atoms with Crippen LogP contribution in [0.4, 0.5) is 13.6 Å². The molecule has 0 aromatic heterocycles. The van der Waals surface area contributed by atoms with E-state index in [1.165, 1.54) is 6.07 Å². The minimum atomic E-state index is -3.18. The third kappa shape index (κ3) is 2.94. The van der Waals surface area contributed by atoms with E-state index in [4.69, 9.17) is 4.74 Å². The molecule has 1 fully saturated rings. The van der Waals surface area contributed by atoms with Crippen LogP contribution in [0.15, 0.2) is 24.3 Å². The number of amides is 1. The van der Waals surface area contributed by atoms with Crippen molar-refractivity contribution < 1.29 is 23.0 Å². The average Bonchev–Trinajstić information content (AvgIpc) is 2.33. The maximum Gasteiger partial charge on any atom is 0.408 e. The first-order valence-electron chi connectivity index (χ1n) is 5.97. The van der Waals surface area contributed by atoms with Gasteiger partial charge in [0.05, 0.1) is 6.10 Å². The summed E-state index contributed by atoms with van der Waals surface area (Å²) in [4.78, 5) is 11.2. The molecule has 2 rings (SSSR count). The van der Waals surface area contributed by atoms with Gasteiger partial charge in [-0.25, -0.2) is 13.6 Å². The number of carbonyl (C=O) groups is 1. The number of cyclic esters (lactones) is 1. The minimum absolute atomic E-state index is 0.148. The predicted molar refractivity (Wildman–Crippen MR) is 64.4 cm³/mol. The summed E-state index contributed by atoms with van der Waals surface area (Å²) in [6.45, 7) is 2.68. The van der Waals surface area contributed by atoms with Gasteiger partial charge in [0.15, 0.2) is 6.61 Å². The molecule has 1 saturated heterocycles. The summed E-state index contributed by atoms with van der Waals surface area (Å²) in [5, 5.41) is 2.15. The van der Waals surface area contributed by atoms with Crippen molar-refractivity contribution in [3.63, 3.8) is 0 Å². The number of nitrogens with one attached hydrogen (secondary N) is 1. The van der Waals surface area contributed by atoms with Crippen molar-refractivity contribution in [3.8, 4) is 5.75 Å². The highest BCUT2D eigenvalue weighted by molar-refractivity contribution is 5.69. The lowest BCUT2D eigenvalue weighted by Gasteiger charge is -2.32. The summed E-state index contributed by atoms with van der Waals surface area (Å²) in [6, 6.07) is 5.00. The lowest BCUT2D eigenvalue weighted by Crippen LogP contribution is -2.49. The van der Waals surface area contributed by atoms with Crippen molar-refractivity contribution >= 4 is 6.09 Å². The van der Waals surface area contributed by atoms with Crippen molar-refractivity contribution in [3.05, 3.63) is 29.8 Å². The molecule has 1 amide bonds. The van der Waals surface area contributed by atoms with Gasteiger partial charge in [0.1, 0.15) is 11.8 Å². The molecule has 4 nitrogen and oxygen atoms in total. The van der Waals surface area contributed by atoms with Crippen molar-refractivity contribution in [1.29, 1.82) is 0 Å². The van der Waals surface area contributed by atoms with Gasteiger partial charge in [0, 0.05) is 5.56 Å². The molecular formula is C13H15F2NO3. The second-order valence-electron chi connectivity index (χ2n) is 4.62. The molecule has 1 aliphatic heterocycles. The van der Waals surface area contributed by atoms with Gasteiger partial charge >= 0.3 is 12.0 Å². The highest BCUT2D eigenvalue weighted by Gasteiger charge is 2.47. The fourth-order valence-corrected chi connectivity index (χ4v) is 1.90. The molecule has 19 heavy (non-hydrogen) atoms. The Kier molecular flexibility index (Phi) is 3.59. The van der Waals surface area contributed by atoms with E-state index in [1.807, 2.05) is 0 Å². The number of halogens is 2. The molecule has 0 bridgehead atoms. The molecule has 1 heterocycles. The second kappa shape index (κ2) is 5.03. The van der Waals surface area contributed by atoms with Crippen molar-refractivity contribution in [2.45, 2.75) is 31.9 Å². The number of benzene rings is 1. The van der Waals surface area contributed by atoms with Crippen LogP contribution in [0.3, 0.4) is 0 Å². The highest BCUT2D eigenvalue weighted by Crippen LogP contribution is 2.38. The third-order valence-electron chi connectivity index (χ3n) is 2.67. The summed E-state index contributed by atoms with van der Waals surface area (Å²) >= 11 is 0. The van der Waals surface area contributed by atoms with E-state index < -0.39 is 24.7 Å². The smallest absolute Gasteiger partial charge is 0.408 e. The number of alkyl carbamates (subject to hydrolysis) is 1. The fraction of sp³-hybridized carbons (Fsp3) is 0.462. The Labute approximate surface area is 109 Å². The predicted octanol–water partition coefficient (Wildman–Crippen LogP) is 2.89. The van der Waals surface area contributed by atoms with Gasteiger partial charge < -0.3 is 14.8 Å². The topological polar surface area (TPSA) is 47.6 Å². The molecule has 1 atom stereocenters. The average molecular weight is 271 g/mol. The summed E-state index contributed by atoms with van der Waals surface area (Å²) in [5.74, 6) is -2.84. The number of rotatable bonds is 3. The molecular weight excluding hydrogens is 256 g/mol. The van der Waals surface area contributed by atoms with Gasteiger partial charge in [0.25, 0.3) is 0 Å². The largest absolute Gasteiger partial charge is 0.491 e. The molecule has 0 radical (unpaired) electrons. The maximum absolute atomic E-state index is 13.9. The Morgan fingerprint density at radius 2 is 2.11 bits per heavy atom. The molecule has 1 aromatic carbocycles. The van der Waals surface area contributed by atoms with Crippen LogP contribution in [0.5, 0.6) is 5.75 Å². The molecule has 0 unspecified atom stereocenters. The number of alkyl halides is 2. The van der Waals surface area contributed by atoms with Crippen LogP contribution in [-0.2, 0) is 4.74 Å². The van der Waals surface area contributed by atoms with Gasteiger partial charge in [-0.15, -0.1) is 0 Å². The van der Waals surface area contributed by atoms with E-state index in [1.54, 1.807) is 32.0 Å². The van der Waals surface area contributed by atoms with E-state index in [-0.39, 0.29) is 11.7 Å². The van der Waals surface area contributed by atoms with Crippen LogP contribution in [0.1, 0.15) is 25.5 Å². The van der Waals surface area contributed by atoms with E-state index in [2.05, 4.69) is 10.1 Å². The minimum Gasteiger partial charge on any atom is -0.491 e. The van der Waals surface area contributed by atoms with Crippen molar-refractivity contribution in [1.82, 2.24) is 5.32 Å². The molecule has 6 heteroatoms. The normalized spacial score (nSPS) is 21.7. The Hall–Kier alpha value is -1.85. The first-order valence-corrected chi connectivity index (χ1v) is 5.97.